The van der Waals surface area contributed by atoms with Crippen molar-refractivity contribution in [3.63, 3.8) is 0 Å². The molecule has 2 aromatic carbocycles. The number of fused-ring (bicyclic) bond motifs is 1. The minimum absolute atomic E-state index is 0.154. The van der Waals surface area contributed by atoms with E-state index in [-0.39, 0.29) is 5.90 Å². The van der Waals surface area contributed by atoms with Crippen LogP contribution in [0, 0.1) is 5.41 Å². The summed E-state index contributed by atoms with van der Waals surface area (Å²) in [5.41, 5.74) is 0.715. The Morgan fingerprint density at radius 2 is 1.94 bits per heavy atom. The van der Waals surface area contributed by atoms with E-state index in [0.717, 1.165) is 10.8 Å². The molecule has 0 aliphatic heterocycles. The van der Waals surface area contributed by atoms with Crippen molar-refractivity contribution in [2.24, 2.45) is 0 Å². The number of hydrogen-bond donors (Lipinski definition) is 1. The highest BCUT2D eigenvalue weighted by atomic mass is 16.5. The van der Waals surface area contributed by atoms with Gasteiger partial charge in [0, 0.05) is 0 Å². The third-order valence-corrected chi connectivity index (χ3v) is 2.63. The summed E-state index contributed by atoms with van der Waals surface area (Å²) in [6.07, 6.45) is 0. The van der Waals surface area contributed by atoms with E-state index in [1.807, 2.05) is 43.3 Å². The first-order valence-corrected chi connectivity index (χ1v) is 5.55. The number of benzene rings is 2. The fraction of sp³-hybridized carbons (Fsp3) is 0.214. The van der Waals surface area contributed by atoms with Crippen LogP contribution in [0.25, 0.3) is 10.8 Å². The summed E-state index contributed by atoms with van der Waals surface area (Å²) >= 11 is 0. The van der Waals surface area contributed by atoms with Crippen molar-refractivity contribution < 1.29 is 9.47 Å². The van der Waals surface area contributed by atoms with Crippen LogP contribution in [0.15, 0.2) is 36.4 Å². The van der Waals surface area contributed by atoms with Gasteiger partial charge in [0.25, 0.3) is 0 Å². The second-order valence-corrected chi connectivity index (χ2v) is 3.63. The van der Waals surface area contributed by atoms with Gasteiger partial charge in [-0.1, -0.05) is 30.3 Å². The molecule has 0 aliphatic rings. The van der Waals surface area contributed by atoms with Crippen LogP contribution in [0.1, 0.15) is 12.5 Å². The van der Waals surface area contributed by atoms with Crippen molar-refractivity contribution in [1.82, 2.24) is 0 Å². The van der Waals surface area contributed by atoms with Crippen LogP contribution in [0.3, 0.4) is 0 Å². The van der Waals surface area contributed by atoms with Crippen LogP contribution < -0.4 is 4.74 Å². The average molecular weight is 229 g/mol. The Labute approximate surface area is 100 Å². The third kappa shape index (κ3) is 2.09. The molecular formula is C14H15NO2. The van der Waals surface area contributed by atoms with E-state index in [9.17, 15) is 0 Å². The van der Waals surface area contributed by atoms with Gasteiger partial charge in [-0.05, 0) is 23.8 Å². The summed E-state index contributed by atoms with van der Waals surface area (Å²) in [4.78, 5) is 0. The molecule has 0 heterocycles. The van der Waals surface area contributed by atoms with Gasteiger partial charge in [0.1, 0.15) is 5.75 Å². The number of nitrogens with one attached hydrogen (secondary N) is 1. The summed E-state index contributed by atoms with van der Waals surface area (Å²) in [5.74, 6) is 0.823. The Hall–Kier alpha value is -2.03. The molecule has 0 spiro atoms. The number of rotatable bonds is 3. The maximum absolute atomic E-state index is 7.95. The van der Waals surface area contributed by atoms with Crippen molar-refractivity contribution in [2.45, 2.75) is 6.92 Å². The van der Waals surface area contributed by atoms with Crippen molar-refractivity contribution in [3.8, 4) is 5.75 Å². The highest BCUT2D eigenvalue weighted by molar-refractivity contribution is 6.08. The van der Waals surface area contributed by atoms with Crippen molar-refractivity contribution in [1.29, 1.82) is 5.41 Å². The normalized spacial score (nSPS) is 10.2. The Morgan fingerprint density at radius 1 is 1.18 bits per heavy atom. The van der Waals surface area contributed by atoms with Crippen molar-refractivity contribution in [3.05, 3.63) is 42.0 Å². The lowest BCUT2D eigenvalue weighted by Crippen LogP contribution is -2.07. The Morgan fingerprint density at radius 3 is 2.65 bits per heavy atom. The lowest BCUT2D eigenvalue weighted by atomic mass is 10.0. The predicted octanol–water partition coefficient (Wildman–Crippen LogP) is 3.21. The highest BCUT2D eigenvalue weighted by Gasteiger charge is 2.13. The number of ether oxygens (including phenoxy) is 2. The maximum atomic E-state index is 7.95. The second-order valence-electron chi connectivity index (χ2n) is 3.63. The first-order valence-electron chi connectivity index (χ1n) is 5.55. The maximum Gasteiger partial charge on any atom is 0.217 e. The summed E-state index contributed by atoms with van der Waals surface area (Å²) < 4.78 is 10.6. The van der Waals surface area contributed by atoms with Gasteiger partial charge in [-0.3, -0.25) is 5.41 Å². The summed E-state index contributed by atoms with van der Waals surface area (Å²) in [7, 11) is 1.60. The molecule has 0 saturated heterocycles. The summed E-state index contributed by atoms with van der Waals surface area (Å²) in [6.45, 7) is 2.34. The predicted molar refractivity (Wildman–Crippen MR) is 69.0 cm³/mol. The zero-order valence-corrected chi connectivity index (χ0v) is 9.99. The monoisotopic (exact) mass is 229 g/mol. The molecule has 0 aliphatic carbocycles. The van der Waals surface area contributed by atoms with Gasteiger partial charge in [-0.25, -0.2) is 0 Å². The van der Waals surface area contributed by atoms with Crippen molar-refractivity contribution in [2.75, 3.05) is 13.7 Å². The Bertz CT molecular complexity index is 549. The van der Waals surface area contributed by atoms with Gasteiger partial charge in [-0.15, -0.1) is 0 Å². The first-order chi connectivity index (χ1) is 8.27. The van der Waals surface area contributed by atoms with E-state index in [1.54, 1.807) is 7.11 Å². The molecule has 2 aromatic rings. The lowest BCUT2D eigenvalue weighted by molar-refractivity contribution is 0.323. The SMILES string of the molecule is CCOC(=N)c1c(OC)ccc2ccccc12. The molecule has 88 valence electrons. The van der Waals surface area contributed by atoms with Gasteiger partial charge in [0.15, 0.2) is 0 Å². The minimum Gasteiger partial charge on any atom is -0.496 e. The molecular weight excluding hydrogens is 214 g/mol. The highest BCUT2D eigenvalue weighted by Crippen LogP contribution is 2.28. The first kappa shape index (κ1) is 11.5. The van der Waals surface area contributed by atoms with E-state index in [2.05, 4.69) is 0 Å². The Balaban J connectivity index is 2.67. The van der Waals surface area contributed by atoms with Crippen LogP contribution in [-0.2, 0) is 4.74 Å². The van der Waals surface area contributed by atoms with Gasteiger partial charge in [-0.2, -0.15) is 0 Å². The summed E-state index contributed by atoms with van der Waals surface area (Å²) in [5, 5.41) is 10.0. The minimum atomic E-state index is 0.154. The van der Waals surface area contributed by atoms with Crippen LogP contribution in [0.4, 0.5) is 0 Å². The molecule has 0 aromatic heterocycles. The standard InChI is InChI=1S/C14H15NO2/c1-3-17-14(15)13-11-7-5-4-6-10(11)8-9-12(13)16-2/h4-9,15H,3H2,1-2H3. The molecule has 3 nitrogen and oxygen atoms in total. The van der Waals surface area contributed by atoms with Gasteiger partial charge >= 0.3 is 0 Å². The van der Waals surface area contributed by atoms with Gasteiger partial charge in [0.2, 0.25) is 5.90 Å². The fourth-order valence-electron chi connectivity index (χ4n) is 1.87. The zero-order valence-electron chi connectivity index (χ0n) is 9.99. The summed E-state index contributed by atoms with van der Waals surface area (Å²) in [6, 6.07) is 11.8. The molecule has 1 N–H and O–H groups in total. The molecule has 0 bridgehead atoms. The molecule has 0 saturated carbocycles. The van der Waals surface area contributed by atoms with Crippen LogP contribution >= 0.6 is 0 Å². The fourth-order valence-corrected chi connectivity index (χ4v) is 1.87. The van der Waals surface area contributed by atoms with E-state index < -0.39 is 0 Å². The number of methoxy groups -OCH3 is 1. The molecule has 0 unspecified atom stereocenters. The van der Waals surface area contributed by atoms with E-state index in [4.69, 9.17) is 14.9 Å². The van der Waals surface area contributed by atoms with E-state index in [0.29, 0.717) is 17.9 Å². The van der Waals surface area contributed by atoms with Crippen LogP contribution in [0.5, 0.6) is 5.75 Å². The molecule has 2 rings (SSSR count). The van der Waals surface area contributed by atoms with Gasteiger partial charge in [0.05, 0.1) is 19.3 Å². The molecule has 0 fully saturated rings. The quantitative estimate of drug-likeness (QED) is 0.648. The third-order valence-electron chi connectivity index (χ3n) is 2.63. The van der Waals surface area contributed by atoms with E-state index >= 15 is 0 Å². The largest absolute Gasteiger partial charge is 0.496 e. The molecule has 3 heteroatoms. The lowest BCUT2D eigenvalue weighted by Gasteiger charge is -2.12. The molecule has 0 radical (unpaired) electrons. The van der Waals surface area contributed by atoms with E-state index in [1.165, 1.54) is 0 Å². The second kappa shape index (κ2) is 4.87. The number of hydrogen-bond acceptors (Lipinski definition) is 3. The van der Waals surface area contributed by atoms with Gasteiger partial charge < -0.3 is 9.47 Å². The molecule has 0 atom stereocenters. The Kier molecular flexibility index (Phi) is 3.28. The van der Waals surface area contributed by atoms with Crippen molar-refractivity contribution >= 4 is 16.7 Å². The average Bonchev–Trinajstić information content (AvgIpc) is 2.37. The smallest absolute Gasteiger partial charge is 0.217 e. The van der Waals surface area contributed by atoms with Crippen LogP contribution in [0.2, 0.25) is 0 Å². The molecule has 17 heavy (non-hydrogen) atoms. The topological polar surface area (TPSA) is 42.3 Å². The zero-order chi connectivity index (χ0) is 12.3. The molecule has 0 amide bonds. The van der Waals surface area contributed by atoms with Crippen LogP contribution in [-0.4, -0.2) is 19.6 Å².